The van der Waals surface area contributed by atoms with Crippen LogP contribution < -0.4 is 4.74 Å². The summed E-state index contributed by atoms with van der Waals surface area (Å²) >= 11 is 5.68. The minimum atomic E-state index is -3.64. The zero-order valence-corrected chi connectivity index (χ0v) is 12.9. The summed E-state index contributed by atoms with van der Waals surface area (Å²) in [6.07, 6.45) is 0.521. The molecule has 0 saturated heterocycles. The summed E-state index contributed by atoms with van der Waals surface area (Å²) in [5.41, 5.74) is -0.263. The van der Waals surface area contributed by atoms with Crippen molar-refractivity contribution in [3.05, 3.63) is 33.3 Å². The Balaban J connectivity index is 2.81. The number of ether oxygens (including phenoxy) is 1. The molecule has 6 nitrogen and oxygen atoms in total. The van der Waals surface area contributed by atoms with E-state index >= 15 is 0 Å². The fraction of sp³-hybridized carbons (Fsp3) is 0.455. The molecule has 1 unspecified atom stereocenters. The molecule has 0 radical (unpaired) electrons. The van der Waals surface area contributed by atoms with Crippen molar-refractivity contribution in [1.82, 2.24) is 0 Å². The van der Waals surface area contributed by atoms with Crippen LogP contribution in [0, 0.1) is 16.0 Å². The van der Waals surface area contributed by atoms with Gasteiger partial charge in [0.25, 0.3) is 0 Å². The molecular weight excluding hydrogens is 329 g/mol. The predicted octanol–water partition coefficient (Wildman–Crippen LogP) is 3.22. The highest BCUT2D eigenvalue weighted by atomic mass is 35.7. The Kier molecular flexibility index (Phi) is 6.04. The molecule has 0 amide bonds. The Morgan fingerprint density at radius 1 is 1.45 bits per heavy atom. The number of benzene rings is 1. The molecule has 1 aromatic carbocycles. The summed E-state index contributed by atoms with van der Waals surface area (Å²) in [4.78, 5) is 10.3. The lowest BCUT2D eigenvalue weighted by atomic mass is 10.1. The van der Waals surface area contributed by atoms with Crippen LogP contribution in [0.2, 0.25) is 5.02 Å². The summed E-state index contributed by atoms with van der Waals surface area (Å²) in [5.74, 6) is -0.537. The summed E-state index contributed by atoms with van der Waals surface area (Å²) in [5, 5.41) is 11.1. The van der Waals surface area contributed by atoms with E-state index < -0.39 is 14.0 Å². The Morgan fingerprint density at radius 2 is 2.10 bits per heavy atom. The van der Waals surface area contributed by atoms with Gasteiger partial charge in [-0.25, -0.2) is 8.42 Å². The smallest absolute Gasteiger partial charge is 0.312 e. The SMILES string of the molecule is CCC(COc1ccc(Cl)cc1[N+](=O)[O-])CS(=O)(=O)Cl. The van der Waals surface area contributed by atoms with Gasteiger partial charge in [0.15, 0.2) is 5.75 Å². The lowest BCUT2D eigenvalue weighted by Crippen LogP contribution is -2.19. The molecule has 0 N–H and O–H groups in total. The fourth-order valence-corrected chi connectivity index (χ4v) is 3.12. The van der Waals surface area contributed by atoms with Gasteiger partial charge in [0.05, 0.1) is 17.3 Å². The normalized spacial score (nSPS) is 12.9. The molecule has 20 heavy (non-hydrogen) atoms. The second-order valence-corrected chi connectivity index (χ2v) is 7.42. The molecule has 0 saturated carbocycles. The van der Waals surface area contributed by atoms with Gasteiger partial charge in [-0.1, -0.05) is 18.5 Å². The van der Waals surface area contributed by atoms with Gasteiger partial charge in [-0.3, -0.25) is 10.1 Å². The van der Waals surface area contributed by atoms with E-state index in [9.17, 15) is 18.5 Å². The van der Waals surface area contributed by atoms with Crippen molar-refractivity contribution in [3.63, 3.8) is 0 Å². The quantitative estimate of drug-likeness (QED) is 0.431. The van der Waals surface area contributed by atoms with Crippen molar-refractivity contribution in [3.8, 4) is 5.75 Å². The highest BCUT2D eigenvalue weighted by molar-refractivity contribution is 8.13. The van der Waals surface area contributed by atoms with Crippen LogP contribution in [0.25, 0.3) is 0 Å². The summed E-state index contributed by atoms with van der Waals surface area (Å²) in [6, 6.07) is 4.02. The van der Waals surface area contributed by atoms with Crippen LogP contribution in [0.15, 0.2) is 18.2 Å². The van der Waals surface area contributed by atoms with Crippen molar-refractivity contribution in [1.29, 1.82) is 0 Å². The number of nitro benzene ring substituents is 1. The zero-order chi connectivity index (χ0) is 15.3. The fourth-order valence-electron chi connectivity index (χ4n) is 1.53. The van der Waals surface area contributed by atoms with Crippen molar-refractivity contribution in [2.45, 2.75) is 13.3 Å². The van der Waals surface area contributed by atoms with Crippen molar-refractivity contribution in [2.75, 3.05) is 12.4 Å². The molecule has 112 valence electrons. The Morgan fingerprint density at radius 3 is 2.60 bits per heavy atom. The van der Waals surface area contributed by atoms with E-state index in [-0.39, 0.29) is 34.7 Å². The lowest BCUT2D eigenvalue weighted by Gasteiger charge is -2.14. The molecule has 0 fully saturated rings. The topological polar surface area (TPSA) is 86.5 Å². The second kappa shape index (κ2) is 7.10. The number of hydrogen-bond acceptors (Lipinski definition) is 5. The molecule has 0 aliphatic rings. The van der Waals surface area contributed by atoms with E-state index in [1.807, 2.05) is 0 Å². The Labute approximate surface area is 126 Å². The average Bonchev–Trinajstić information content (AvgIpc) is 2.33. The van der Waals surface area contributed by atoms with Gasteiger partial charge in [-0.05, 0) is 18.6 Å². The van der Waals surface area contributed by atoms with Crippen molar-refractivity contribution < 1.29 is 18.1 Å². The Hall–Kier alpha value is -1.05. The molecule has 1 atom stereocenters. The summed E-state index contributed by atoms with van der Waals surface area (Å²) in [7, 11) is 1.55. The molecule has 9 heteroatoms. The van der Waals surface area contributed by atoms with E-state index in [1.54, 1.807) is 6.92 Å². The number of halogens is 2. The van der Waals surface area contributed by atoms with Gasteiger partial charge in [0, 0.05) is 27.7 Å². The van der Waals surface area contributed by atoms with Gasteiger partial charge >= 0.3 is 5.69 Å². The Bertz CT molecular complexity index is 590. The molecule has 0 aliphatic carbocycles. The molecule has 0 heterocycles. The number of rotatable bonds is 7. The van der Waals surface area contributed by atoms with Gasteiger partial charge < -0.3 is 4.74 Å². The zero-order valence-electron chi connectivity index (χ0n) is 10.6. The first kappa shape index (κ1) is 17.0. The van der Waals surface area contributed by atoms with Crippen LogP contribution in [0.1, 0.15) is 13.3 Å². The average molecular weight is 342 g/mol. The molecule has 0 aliphatic heterocycles. The lowest BCUT2D eigenvalue weighted by molar-refractivity contribution is -0.385. The van der Waals surface area contributed by atoms with E-state index in [0.717, 1.165) is 0 Å². The van der Waals surface area contributed by atoms with E-state index in [0.29, 0.717) is 6.42 Å². The highest BCUT2D eigenvalue weighted by Crippen LogP contribution is 2.30. The molecular formula is C11H13Cl2NO5S. The van der Waals surface area contributed by atoms with Crippen molar-refractivity contribution >= 4 is 37.0 Å². The number of nitro groups is 1. The first-order valence-corrected chi connectivity index (χ1v) is 8.57. The summed E-state index contributed by atoms with van der Waals surface area (Å²) < 4.78 is 27.4. The molecule has 0 aromatic heterocycles. The molecule has 0 spiro atoms. The standard InChI is InChI=1S/C11H13Cl2NO5S/c1-2-8(7-20(13,17)18)6-19-11-4-3-9(12)5-10(11)14(15)16/h3-5,8H,2,6-7H2,1H3. The maximum Gasteiger partial charge on any atom is 0.312 e. The predicted molar refractivity (Wildman–Crippen MR) is 77.0 cm³/mol. The van der Waals surface area contributed by atoms with Crippen LogP contribution in [-0.4, -0.2) is 25.7 Å². The van der Waals surface area contributed by atoms with Gasteiger partial charge in [-0.15, -0.1) is 0 Å². The largest absolute Gasteiger partial charge is 0.486 e. The first-order valence-electron chi connectivity index (χ1n) is 5.72. The monoisotopic (exact) mass is 341 g/mol. The van der Waals surface area contributed by atoms with Crippen LogP contribution in [0.5, 0.6) is 5.75 Å². The maximum absolute atomic E-state index is 11.0. The van der Waals surface area contributed by atoms with Crippen molar-refractivity contribution in [2.24, 2.45) is 5.92 Å². The third-order valence-corrected chi connectivity index (χ3v) is 4.09. The van der Waals surface area contributed by atoms with E-state index in [2.05, 4.69) is 0 Å². The highest BCUT2D eigenvalue weighted by Gasteiger charge is 2.20. The minimum Gasteiger partial charge on any atom is -0.486 e. The number of nitrogens with zero attached hydrogens (tertiary/aromatic N) is 1. The van der Waals surface area contributed by atoms with E-state index in [1.165, 1.54) is 18.2 Å². The van der Waals surface area contributed by atoms with Gasteiger partial charge in [-0.2, -0.15) is 0 Å². The minimum absolute atomic E-state index is 0.0188. The summed E-state index contributed by atoms with van der Waals surface area (Å²) in [6.45, 7) is 1.80. The first-order chi connectivity index (χ1) is 9.23. The third-order valence-electron chi connectivity index (χ3n) is 2.60. The molecule has 1 aromatic rings. The van der Waals surface area contributed by atoms with Gasteiger partial charge in [0.1, 0.15) is 0 Å². The second-order valence-electron chi connectivity index (χ2n) is 4.16. The number of hydrogen-bond donors (Lipinski definition) is 0. The van der Waals surface area contributed by atoms with Gasteiger partial charge in [0.2, 0.25) is 9.05 Å². The molecule has 0 bridgehead atoms. The third kappa shape index (κ3) is 5.52. The maximum atomic E-state index is 11.0. The van der Waals surface area contributed by atoms with Crippen LogP contribution in [0.3, 0.4) is 0 Å². The molecule has 1 rings (SSSR count). The van der Waals surface area contributed by atoms with Crippen LogP contribution in [-0.2, 0) is 9.05 Å². The van der Waals surface area contributed by atoms with E-state index in [4.69, 9.17) is 27.0 Å². The van der Waals surface area contributed by atoms with Crippen LogP contribution in [0.4, 0.5) is 5.69 Å². The van der Waals surface area contributed by atoms with Crippen LogP contribution >= 0.6 is 22.3 Å².